The minimum Gasteiger partial charge on any atom is -0.289 e. The Hall–Kier alpha value is -0.790. The van der Waals surface area contributed by atoms with E-state index < -0.39 is 0 Å². The van der Waals surface area contributed by atoms with Crippen LogP contribution in [0, 0.1) is 0 Å². The zero-order valence-corrected chi connectivity index (χ0v) is 9.27. The molecule has 14 heavy (non-hydrogen) atoms. The predicted molar refractivity (Wildman–Crippen MR) is 60.2 cm³/mol. The normalized spacial score (nSPS) is 10.8. The largest absolute Gasteiger partial charge is 0.289 e. The van der Waals surface area contributed by atoms with Gasteiger partial charge < -0.3 is 0 Å². The van der Waals surface area contributed by atoms with Gasteiger partial charge in [-0.05, 0) is 30.7 Å². The fourth-order valence-corrected chi connectivity index (χ4v) is 1.27. The van der Waals surface area contributed by atoms with Gasteiger partial charge in [-0.15, -0.1) is 0 Å². The fourth-order valence-electron chi connectivity index (χ4n) is 0.971. The van der Waals surface area contributed by atoms with E-state index >= 15 is 0 Å². The molecule has 0 heterocycles. The van der Waals surface area contributed by atoms with E-state index in [2.05, 4.69) is 0 Å². The van der Waals surface area contributed by atoms with Crippen LogP contribution in [0.2, 0.25) is 10.0 Å². The van der Waals surface area contributed by atoms with Crippen molar-refractivity contribution in [2.45, 2.75) is 13.3 Å². The smallest absolute Gasteiger partial charge is 0.185 e. The molecule has 0 unspecified atom stereocenters. The van der Waals surface area contributed by atoms with Gasteiger partial charge in [0.1, 0.15) is 0 Å². The van der Waals surface area contributed by atoms with Crippen LogP contribution in [0.3, 0.4) is 0 Å². The van der Waals surface area contributed by atoms with Crippen molar-refractivity contribution in [3.05, 3.63) is 46.0 Å². The van der Waals surface area contributed by atoms with Crippen molar-refractivity contribution in [2.75, 3.05) is 0 Å². The summed E-state index contributed by atoms with van der Waals surface area (Å²) in [6, 6.07) is 4.86. The van der Waals surface area contributed by atoms with Crippen LogP contribution < -0.4 is 0 Å². The molecule has 0 amide bonds. The molecule has 1 aromatic rings. The van der Waals surface area contributed by atoms with Crippen molar-refractivity contribution in [3.8, 4) is 0 Å². The first-order valence-electron chi connectivity index (χ1n) is 4.31. The van der Waals surface area contributed by atoms with E-state index in [1.54, 1.807) is 24.3 Å². The number of allylic oxidation sites excluding steroid dienone is 2. The minimum atomic E-state index is -0.0505. The monoisotopic (exact) mass is 228 g/mol. The quantitative estimate of drug-likeness (QED) is 0.562. The van der Waals surface area contributed by atoms with Gasteiger partial charge in [-0.2, -0.15) is 0 Å². The summed E-state index contributed by atoms with van der Waals surface area (Å²) in [4.78, 5) is 11.5. The standard InChI is InChI=1S/C11H10Cl2O/c1-2-3-4-11(14)8-5-6-9(12)10(13)7-8/h3-7H,2H2,1H3. The second-order valence-electron chi connectivity index (χ2n) is 2.80. The molecule has 0 radical (unpaired) electrons. The molecular weight excluding hydrogens is 219 g/mol. The van der Waals surface area contributed by atoms with Gasteiger partial charge in [0, 0.05) is 5.56 Å². The van der Waals surface area contributed by atoms with E-state index in [0.29, 0.717) is 15.6 Å². The van der Waals surface area contributed by atoms with Crippen molar-refractivity contribution >= 4 is 29.0 Å². The number of rotatable bonds is 3. The highest BCUT2D eigenvalue weighted by atomic mass is 35.5. The van der Waals surface area contributed by atoms with Crippen molar-refractivity contribution < 1.29 is 4.79 Å². The lowest BCUT2D eigenvalue weighted by atomic mass is 10.1. The number of hydrogen-bond acceptors (Lipinski definition) is 1. The third kappa shape index (κ3) is 2.86. The second-order valence-corrected chi connectivity index (χ2v) is 3.62. The summed E-state index contributed by atoms with van der Waals surface area (Å²) in [6.45, 7) is 1.97. The van der Waals surface area contributed by atoms with E-state index in [-0.39, 0.29) is 5.78 Å². The first-order valence-corrected chi connectivity index (χ1v) is 5.06. The number of halogens is 2. The van der Waals surface area contributed by atoms with E-state index in [4.69, 9.17) is 23.2 Å². The summed E-state index contributed by atoms with van der Waals surface area (Å²) < 4.78 is 0. The molecule has 0 saturated carbocycles. The molecule has 74 valence electrons. The van der Waals surface area contributed by atoms with Gasteiger partial charge in [-0.3, -0.25) is 4.79 Å². The van der Waals surface area contributed by atoms with Crippen LogP contribution in [0.1, 0.15) is 23.7 Å². The van der Waals surface area contributed by atoms with Crippen molar-refractivity contribution in [2.24, 2.45) is 0 Å². The molecule has 0 aliphatic rings. The van der Waals surface area contributed by atoms with Crippen molar-refractivity contribution in [3.63, 3.8) is 0 Å². The zero-order valence-electron chi connectivity index (χ0n) is 7.76. The Kier molecular flexibility index (Phi) is 4.18. The molecule has 0 aliphatic heterocycles. The molecule has 0 fully saturated rings. The van der Waals surface area contributed by atoms with Gasteiger partial charge in [0.2, 0.25) is 0 Å². The second kappa shape index (κ2) is 5.18. The van der Waals surface area contributed by atoms with Crippen molar-refractivity contribution in [1.29, 1.82) is 0 Å². The maximum atomic E-state index is 11.5. The lowest BCUT2D eigenvalue weighted by Crippen LogP contribution is -1.93. The first-order chi connectivity index (χ1) is 6.65. The average Bonchev–Trinajstić information content (AvgIpc) is 2.18. The van der Waals surface area contributed by atoms with E-state index in [0.717, 1.165) is 6.42 Å². The summed E-state index contributed by atoms with van der Waals surface area (Å²) >= 11 is 11.5. The van der Waals surface area contributed by atoms with Gasteiger partial charge in [0.05, 0.1) is 10.0 Å². The number of carbonyl (C=O) groups excluding carboxylic acids is 1. The molecule has 0 atom stereocenters. The molecular formula is C11H10Cl2O. The molecule has 0 saturated heterocycles. The molecule has 0 aliphatic carbocycles. The van der Waals surface area contributed by atoms with Crippen LogP contribution in [0.15, 0.2) is 30.4 Å². The Bertz CT molecular complexity index is 370. The molecule has 1 nitrogen and oxygen atoms in total. The van der Waals surface area contributed by atoms with Gasteiger partial charge in [-0.1, -0.05) is 36.2 Å². The average molecular weight is 229 g/mol. The molecule has 1 aromatic carbocycles. The van der Waals surface area contributed by atoms with Crippen LogP contribution in [-0.4, -0.2) is 5.78 Å². The minimum absolute atomic E-state index is 0.0505. The summed E-state index contributed by atoms with van der Waals surface area (Å²) in [6.07, 6.45) is 4.19. The summed E-state index contributed by atoms with van der Waals surface area (Å²) in [7, 11) is 0. The molecule has 0 aromatic heterocycles. The predicted octanol–water partition coefficient (Wildman–Crippen LogP) is 4.14. The SMILES string of the molecule is CCC=CC(=O)c1ccc(Cl)c(Cl)c1. The third-order valence-corrected chi connectivity index (χ3v) is 2.45. The molecule has 1 rings (SSSR count). The molecule has 0 bridgehead atoms. The van der Waals surface area contributed by atoms with E-state index in [1.165, 1.54) is 0 Å². The molecule has 0 N–H and O–H groups in total. The van der Waals surface area contributed by atoms with Gasteiger partial charge >= 0.3 is 0 Å². The Morgan fingerprint density at radius 1 is 1.36 bits per heavy atom. The lowest BCUT2D eigenvalue weighted by molar-refractivity contribution is 0.104. The maximum Gasteiger partial charge on any atom is 0.185 e. The molecule has 0 spiro atoms. The van der Waals surface area contributed by atoms with Crippen molar-refractivity contribution in [1.82, 2.24) is 0 Å². The highest BCUT2D eigenvalue weighted by Crippen LogP contribution is 2.22. The Morgan fingerprint density at radius 2 is 2.07 bits per heavy atom. The third-order valence-electron chi connectivity index (χ3n) is 1.71. The molecule has 3 heteroatoms. The summed E-state index contributed by atoms with van der Waals surface area (Å²) in [5, 5.41) is 0.866. The number of ketones is 1. The van der Waals surface area contributed by atoms with Crippen LogP contribution >= 0.6 is 23.2 Å². The lowest BCUT2D eigenvalue weighted by Gasteiger charge is -1.98. The van der Waals surface area contributed by atoms with E-state index in [9.17, 15) is 4.79 Å². The van der Waals surface area contributed by atoms with Gasteiger partial charge in [-0.25, -0.2) is 0 Å². The Balaban J connectivity index is 2.91. The van der Waals surface area contributed by atoms with E-state index in [1.807, 2.05) is 13.0 Å². The fraction of sp³-hybridized carbons (Fsp3) is 0.182. The summed E-state index contributed by atoms with van der Waals surface area (Å²) in [5.74, 6) is -0.0505. The van der Waals surface area contributed by atoms with Crippen LogP contribution in [0.4, 0.5) is 0 Å². The highest BCUT2D eigenvalue weighted by Gasteiger charge is 2.04. The van der Waals surface area contributed by atoms with Crippen LogP contribution in [-0.2, 0) is 0 Å². The van der Waals surface area contributed by atoms with Gasteiger partial charge in [0.25, 0.3) is 0 Å². The van der Waals surface area contributed by atoms with Crippen LogP contribution in [0.5, 0.6) is 0 Å². The Labute approximate surface area is 93.3 Å². The Morgan fingerprint density at radius 3 is 2.64 bits per heavy atom. The van der Waals surface area contributed by atoms with Gasteiger partial charge in [0.15, 0.2) is 5.78 Å². The number of hydrogen-bond donors (Lipinski definition) is 0. The number of benzene rings is 1. The van der Waals surface area contributed by atoms with Crippen LogP contribution in [0.25, 0.3) is 0 Å². The summed E-state index contributed by atoms with van der Waals surface area (Å²) in [5.41, 5.74) is 0.559. The topological polar surface area (TPSA) is 17.1 Å². The number of carbonyl (C=O) groups is 1. The highest BCUT2D eigenvalue weighted by molar-refractivity contribution is 6.42. The first kappa shape index (κ1) is 11.3. The maximum absolute atomic E-state index is 11.5. The zero-order chi connectivity index (χ0) is 10.6.